The maximum Gasteiger partial charge on any atom is 0.0892 e. The van der Waals surface area contributed by atoms with E-state index in [1.54, 1.807) is 0 Å². The highest BCUT2D eigenvalue weighted by Crippen LogP contribution is 2.37. The molecule has 0 aliphatic heterocycles. The van der Waals surface area contributed by atoms with Crippen LogP contribution >= 0.6 is 0 Å². The Morgan fingerprint density at radius 2 is 2.41 bits per heavy atom. The molecule has 1 aliphatic rings. The summed E-state index contributed by atoms with van der Waals surface area (Å²) in [4.78, 5) is 0. The van der Waals surface area contributed by atoms with Gasteiger partial charge in [0.05, 0.1) is 23.6 Å². The van der Waals surface area contributed by atoms with Crippen molar-refractivity contribution in [1.29, 1.82) is 0 Å². The van der Waals surface area contributed by atoms with Crippen LogP contribution in [0.25, 0.3) is 0 Å². The molecule has 2 rings (SSSR count). The van der Waals surface area contributed by atoms with E-state index in [-0.39, 0.29) is 5.60 Å². The molecule has 4 nitrogen and oxygen atoms in total. The van der Waals surface area contributed by atoms with Crippen molar-refractivity contribution in [3.8, 4) is 0 Å². The summed E-state index contributed by atoms with van der Waals surface area (Å²) in [6.45, 7) is 5.50. The molecule has 1 fully saturated rings. The first-order valence-corrected chi connectivity index (χ1v) is 6.38. The molecule has 0 aromatic carbocycles. The molecule has 2 atom stereocenters. The van der Waals surface area contributed by atoms with E-state index in [2.05, 4.69) is 18.1 Å². The second kappa shape index (κ2) is 4.78. The van der Waals surface area contributed by atoms with Crippen molar-refractivity contribution in [1.82, 2.24) is 9.78 Å². The summed E-state index contributed by atoms with van der Waals surface area (Å²) < 4.78 is 7.99. The molecule has 17 heavy (non-hydrogen) atoms. The minimum Gasteiger partial charge on any atom is -0.367 e. The lowest BCUT2D eigenvalue weighted by molar-refractivity contribution is -0.0494. The molecule has 1 aliphatic carbocycles. The van der Waals surface area contributed by atoms with Crippen molar-refractivity contribution in [2.45, 2.75) is 45.3 Å². The van der Waals surface area contributed by atoms with Crippen LogP contribution in [0.2, 0.25) is 0 Å². The molecule has 1 heterocycles. The van der Waals surface area contributed by atoms with Gasteiger partial charge >= 0.3 is 0 Å². The fourth-order valence-electron chi connectivity index (χ4n) is 2.75. The maximum absolute atomic E-state index is 6.10. The Morgan fingerprint density at radius 3 is 2.88 bits per heavy atom. The predicted octanol–water partition coefficient (Wildman–Crippen LogP) is 1.76. The van der Waals surface area contributed by atoms with Gasteiger partial charge in [0, 0.05) is 13.6 Å². The zero-order chi connectivity index (χ0) is 12.5. The van der Waals surface area contributed by atoms with Crippen LogP contribution in [0.15, 0.2) is 6.07 Å². The fourth-order valence-corrected chi connectivity index (χ4v) is 2.75. The van der Waals surface area contributed by atoms with Gasteiger partial charge in [-0.05, 0) is 38.2 Å². The second-order valence-corrected chi connectivity index (χ2v) is 5.42. The smallest absolute Gasteiger partial charge is 0.0892 e. The Labute approximate surface area is 103 Å². The van der Waals surface area contributed by atoms with E-state index in [9.17, 15) is 0 Å². The lowest BCUT2D eigenvalue weighted by Crippen LogP contribution is -2.38. The Bertz CT molecular complexity index is 388. The van der Waals surface area contributed by atoms with Crippen LogP contribution in [0.4, 0.5) is 0 Å². The van der Waals surface area contributed by atoms with E-state index < -0.39 is 0 Å². The molecule has 0 amide bonds. The number of nitrogens with two attached hydrogens (primary N) is 1. The minimum atomic E-state index is -0.0996. The van der Waals surface area contributed by atoms with Crippen molar-refractivity contribution in [3.05, 3.63) is 17.5 Å². The van der Waals surface area contributed by atoms with Crippen LogP contribution in [0.3, 0.4) is 0 Å². The molecule has 96 valence electrons. The van der Waals surface area contributed by atoms with E-state index in [4.69, 9.17) is 10.5 Å². The van der Waals surface area contributed by atoms with E-state index in [0.717, 1.165) is 30.1 Å². The molecule has 1 aromatic rings. The third-order valence-corrected chi connectivity index (χ3v) is 3.81. The van der Waals surface area contributed by atoms with Crippen LogP contribution < -0.4 is 5.73 Å². The Morgan fingerprint density at radius 1 is 1.65 bits per heavy atom. The Balaban J connectivity index is 1.99. The molecule has 4 heteroatoms. The normalized spacial score (nSPS) is 28.8. The monoisotopic (exact) mass is 237 g/mol. The second-order valence-electron chi connectivity index (χ2n) is 5.42. The van der Waals surface area contributed by atoms with Crippen LogP contribution in [0.5, 0.6) is 0 Å². The number of nitrogens with zero attached hydrogens (tertiary/aromatic N) is 2. The summed E-state index contributed by atoms with van der Waals surface area (Å²) in [5.74, 6) is 0.729. The van der Waals surface area contributed by atoms with Gasteiger partial charge < -0.3 is 10.5 Å². The quantitative estimate of drug-likeness (QED) is 0.868. The highest BCUT2D eigenvalue weighted by molar-refractivity contribution is 5.07. The first-order chi connectivity index (χ1) is 8.04. The fraction of sp³-hybridized carbons (Fsp3) is 0.769. The van der Waals surface area contributed by atoms with E-state index in [1.807, 2.05) is 18.7 Å². The van der Waals surface area contributed by atoms with Crippen LogP contribution in [0, 0.1) is 12.8 Å². The summed E-state index contributed by atoms with van der Waals surface area (Å²) >= 11 is 0. The molecular formula is C13H23N3O. The molecule has 1 aromatic heterocycles. The van der Waals surface area contributed by atoms with Gasteiger partial charge in [0.25, 0.3) is 0 Å². The number of rotatable bonds is 4. The van der Waals surface area contributed by atoms with Gasteiger partial charge in [-0.15, -0.1) is 0 Å². The standard InChI is InChI=1S/C13H23N3O/c1-10-4-5-13(7-10,9-14)17-8-12-6-11(2)15-16(12)3/h6,10H,4-5,7-9,14H2,1-3H3. The van der Waals surface area contributed by atoms with Gasteiger partial charge in [0.15, 0.2) is 0 Å². The Hall–Kier alpha value is -0.870. The summed E-state index contributed by atoms with van der Waals surface area (Å²) in [5, 5.41) is 4.33. The van der Waals surface area contributed by atoms with Crippen LogP contribution in [0.1, 0.15) is 37.6 Å². The number of ether oxygens (including phenoxy) is 1. The summed E-state index contributed by atoms with van der Waals surface area (Å²) in [6, 6.07) is 2.07. The minimum absolute atomic E-state index is 0.0996. The van der Waals surface area contributed by atoms with Gasteiger partial charge in [0.2, 0.25) is 0 Å². The van der Waals surface area contributed by atoms with Gasteiger partial charge in [-0.2, -0.15) is 5.10 Å². The van der Waals surface area contributed by atoms with Crippen LogP contribution in [-0.4, -0.2) is 21.9 Å². The van der Waals surface area contributed by atoms with E-state index in [1.165, 1.54) is 6.42 Å². The van der Waals surface area contributed by atoms with Gasteiger partial charge in [-0.25, -0.2) is 0 Å². The molecule has 1 saturated carbocycles. The van der Waals surface area contributed by atoms with Gasteiger partial charge in [-0.3, -0.25) is 4.68 Å². The first kappa shape index (κ1) is 12.6. The number of aryl methyl sites for hydroxylation is 2. The molecular weight excluding hydrogens is 214 g/mol. The van der Waals surface area contributed by atoms with Crippen molar-refractivity contribution in [2.24, 2.45) is 18.7 Å². The largest absolute Gasteiger partial charge is 0.367 e. The predicted molar refractivity (Wildman–Crippen MR) is 67.5 cm³/mol. The van der Waals surface area contributed by atoms with Crippen molar-refractivity contribution >= 4 is 0 Å². The lowest BCUT2D eigenvalue weighted by Gasteiger charge is -2.28. The zero-order valence-corrected chi connectivity index (χ0v) is 11.1. The SMILES string of the molecule is Cc1cc(COC2(CN)CCC(C)C2)n(C)n1. The highest BCUT2D eigenvalue weighted by Gasteiger charge is 2.37. The Kier molecular flexibility index (Phi) is 3.54. The average molecular weight is 237 g/mol. The average Bonchev–Trinajstić information content (AvgIpc) is 2.80. The summed E-state index contributed by atoms with van der Waals surface area (Å²) in [5.41, 5.74) is 7.95. The molecule has 2 N–H and O–H groups in total. The third kappa shape index (κ3) is 2.69. The summed E-state index contributed by atoms with van der Waals surface area (Å²) in [7, 11) is 1.96. The van der Waals surface area contributed by atoms with Crippen LogP contribution in [-0.2, 0) is 18.4 Å². The zero-order valence-electron chi connectivity index (χ0n) is 11.1. The molecule has 2 unspecified atom stereocenters. The van der Waals surface area contributed by atoms with Gasteiger partial charge in [-0.1, -0.05) is 6.92 Å². The van der Waals surface area contributed by atoms with Crippen molar-refractivity contribution < 1.29 is 4.74 Å². The van der Waals surface area contributed by atoms with Gasteiger partial charge in [0.1, 0.15) is 0 Å². The first-order valence-electron chi connectivity index (χ1n) is 6.38. The third-order valence-electron chi connectivity index (χ3n) is 3.81. The number of hydrogen-bond acceptors (Lipinski definition) is 3. The van der Waals surface area contributed by atoms with Crippen molar-refractivity contribution in [2.75, 3.05) is 6.54 Å². The van der Waals surface area contributed by atoms with E-state index in [0.29, 0.717) is 13.2 Å². The van der Waals surface area contributed by atoms with E-state index >= 15 is 0 Å². The highest BCUT2D eigenvalue weighted by atomic mass is 16.5. The topological polar surface area (TPSA) is 53.1 Å². The lowest BCUT2D eigenvalue weighted by atomic mass is 10.0. The maximum atomic E-state index is 6.10. The molecule has 0 bridgehead atoms. The number of aromatic nitrogens is 2. The summed E-state index contributed by atoms with van der Waals surface area (Å²) in [6.07, 6.45) is 3.39. The molecule has 0 radical (unpaired) electrons. The molecule has 0 saturated heterocycles. The number of hydrogen-bond donors (Lipinski definition) is 1. The molecule has 0 spiro atoms. The van der Waals surface area contributed by atoms with Crippen molar-refractivity contribution in [3.63, 3.8) is 0 Å².